The summed E-state index contributed by atoms with van der Waals surface area (Å²) >= 11 is 0. The maximum absolute atomic E-state index is 12.9. The minimum Gasteiger partial charge on any atom is -0.327 e. The van der Waals surface area contributed by atoms with E-state index in [1.54, 1.807) is 12.1 Å². The molecule has 1 aromatic carbocycles. The average molecular weight is 350 g/mol. The molecule has 6 nitrogen and oxygen atoms in total. The number of halogens is 1. The van der Waals surface area contributed by atoms with Gasteiger partial charge in [-0.05, 0) is 24.3 Å². The Morgan fingerprint density at radius 3 is 2.20 bits per heavy atom. The summed E-state index contributed by atoms with van der Waals surface area (Å²) in [6.45, 7) is 6.21. The molecule has 2 heterocycles. The molecule has 0 spiro atoms. The largest absolute Gasteiger partial charge is 0.327 e. The van der Waals surface area contributed by atoms with Crippen molar-refractivity contribution in [2.75, 3.05) is 57.7 Å². The summed E-state index contributed by atoms with van der Waals surface area (Å²) in [5.74, 6) is -0.158. The van der Waals surface area contributed by atoms with Crippen LogP contribution in [0.4, 0.5) is 10.1 Å². The second kappa shape index (κ2) is 8.40. The summed E-state index contributed by atoms with van der Waals surface area (Å²) in [4.78, 5) is 29.0. The maximum Gasteiger partial charge on any atom is 0.279 e. The molecule has 25 heavy (non-hydrogen) atoms. The fraction of sp³-hybridized carbons (Fsp3) is 0.556. The molecule has 0 aliphatic carbocycles. The number of carbonyl (C=O) groups excluding carboxylic acids is 2. The van der Waals surface area contributed by atoms with Crippen molar-refractivity contribution in [2.45, 2.75) is 12.8 Å². The Balaban J connectivity index is 1.38. The lowest BCUT2D eigenvalue weighted by Gasteiger charge is -2.32. The molecular weight excluding hydrogens is 323 g/mol. The third-order valence-corrected chi connectivity index (χ3v) is 5.07. The molecule has 0 atom stereocenters. The Labute approximate surface area is 147 Å². The Bertz CT molecular complexity index is 594. The zero-order valence-electron chi connectivity index (χ0n) is 14.5. The number of likely N-dealkylation sites (tertiary alicyclic amines) is 1. The number of hydrogen-bond acceptors (Lipinski definition) is 2. The van der Waals surface area contributed by atoms with Crippen LogP contribution in [-0.4, -0.2) is 69.1 Å². The fourth-order valence-electron chi connectivity index (χ4n) is 3.59. The number of anilines is 1. The van der Waals surface area contributed by atoms with Gasteiger partial charge in [0.1, 0.15) is 5.82 Å². The van der Waals surface area contributed by atoms with Crippen LogP contribution in [0.5, 0.6) is 0 Å². The Morgan fingerprint density at radius 1 is 0.960 bits per heavy atom. The molecule has 0 bridgehead atoms. The number of rotatable bonds is 5. The van der Waals surface area contributed by atoms with Crippen LogP contribution in [0, 0.1) is 5.82 Å². The third kappa shape index (κ3) is 5.24. The molecule has 3 rings (SSSR count). The predicted octanol–water partition coefficient (Wildman–Crippen LogP) is -1.83. The summed E-state index contributed by atoms with van der Waals surface area (Å²) in [5.41, 5.74) is 0.605. The number of nitrogens with zero attached hydrogens (tertiary/aromatic N) is 1. The highest BCUT2D eigenvalue weighted by Gasteiger charge is 2.28. The first-order chi connectivity index (χ1) is 12.1. The number of nitrogens with one attached hydrogen (secondary N) is 3. The van der Waals surface area contributed by atoms with Crippen LogP contribution in [-0.2, 0) is 9.59 Å². The number of hydrogen-bond donors (Lipinski definition) is 3. The monoisotopic (exact) mass is 350 g/mol. The molecule has 2 fully saturated rings. The van der Waals surface area contributed by atoms with Crippen molar-refractivity contribution in [1.29, 1.82) is 0 Å². The van der Waals surface area contributed by atoms with E-state index < -0.39 is 0 Å². The van der Waals surface area contributed by atoms with Gasteiger partial charge in [-0.3, -0.25) is 9.59 Å². The van der Waals surface area contributed by atoms with E-state index in [0.29, 0.717) is 31.9 Å². The third-order valence-electron chi connectivity index (χ3n) is 5.07. The molecule has 7 heteroatoms. The zero-order valence-corrected chi connectivity index (χ0v) is 14.5. The van der Waals surface area contributed by atoms with Crippen molar-refractivity contribution < 1.29 is 23.8 Å². The summed E-state index contributed by atoms with van der Waals surface area (Å²) in [7, 11) is 0. The first-order valence-electron chi connectivity index (χ1n) is 9.10. The van der Waals surface area contributed by atoms with E-state index in [9.17, 15) is 14.0 Å². The number of piperazine rings is 1. The predicted molar refractivity (Wildman–Crippen MR) is 92.0 cm³/mol. The first kappa shape index (κ1) is 17.8. The van der Waals surface area contributed by atoms with Gasteiger partial charge in [-0.25, -0.2) is 4.39 Å². The van der Waals surface area contributed by atoms with Crippen LogP contribution in [0.2, 0.25) is 0 Å². The summed E-state index contributed by atoms with van der Waals surface area (Å²) in [6.07, 6.45) is 2.45. The number of amides is 2. The van der Waals surface area contributed by atoms with Crippen LogP contribution in [0.3, 0.4) is 0 Å². The van der Waals surface area contributed by atoms with E-state index >= 15 is 0 Å². The molecule has 0 radical (unpaired) electrons. The van der Waals surface area contributed by atoms with E-state index in [2.05, 4.69) is 5.32 Å². The van der Waals surface area contributed by atoms with Crippen molar-refractivity contribution >= 4 is 17.5 Å². The number of quaternary nitrogens is 2. The van der Waals surface area contributed by atoms with Gasteiger partial charge in [-0.1, -0.05) is 0 Å². The van der Waals surface area contributed by atoms with E-state index in [1.165, 1.54) is 34.8 Å². The highest BCUT2D eigenvalue weighted by molar-refractivity contribution is 5.91. The van der Waals surface area contributed by atoms with Crippen molar-refractivity contribution in [3.63, 3.8) is 0 Å². The van der Waals surface area contributed by atoms with Crippen molar-refractivity contribution in [3.8, 4) is 0 Å². The van der Waals surface area contributed by atoms with Gasteiger partial charge in [-0.15, -0.1) is 0 Å². The molecule has 0 saturated carbocycles. The average Bonchev–Trinajstić information content (AvgIpc) is 3.10. The molecule has 0 aromatic heterocycles. The minimum absolute atomic E-state index is 0.0807. The van der Waals surface area contributed by atoms with Crippen LogP contribution in [0.1, 0.15) is 12.8 Å². The van der Waals surface area contributed by atoms with Gasteiger partial charge in [0, 0.05) is 18.5 Å². The molecular formula is C18H27FN4O2+2. The molecule has 2 aliphatic rings. The van der Waals surface area contributed by atoms with Gasteiger partial charge >= 0.3 is 0 Å². The van der Waals surface area contributed by atoms with E-state index in [4.69, 9.17) is 0 Å². The van der Waals surface area contributed by atoms with Crippen LogP contribution >= 0.6 is 0 Å². The second-order valence-electron chi connectivity index (χ2n) is 7.00. The lowest BCUT2D eigenvalue weighted by molar-refractivity contribution is -0.896. The Morgan fingerprint density at radius 2 is 1.56 bits per heavy atom. The highest BCUT2D eigenvalue weighted by Crippen LogP contribution is 2.07. The van der Waals surface area contributed by atoms with Crippen molar-refractivity contribution in [1.82, 2.24) is 4.90 Å². The van der Waals surface area contributed by atoms with Gasteiger partial charge in [0.05, 0.1) is 39.3 Å². The lowest BCUT2D eigenvalue weighted by Crippen LogP contribution is -3.16. The fourth-order valence-corrected chi connectivity index (χ4v) is 3.59. The van der Waals surface area contributed by atoms with Gasteiger partial charge in [0.15, 0.2) is 13.1 Å². The first-order valence-corrected chi connectivity index (χ1v) is 9.10. The topological polar surface area (TPSA) is 58.3 Å². The molecule has 0 unspecified atom stereocenters. The Hall–Kier alpha value is -1.99. The molecule has 136 valence electrons. The smallest absolute Gasteiger partial charge is 0.279 e. The molecule has 2 aliphatic heterocycles. The summed E-state index contributed by atoms with van der Waals surface area (Å²) in [6, 6.07) is 5.77. The number of benzene rings is 1. The van der Waals surface area contributed by atoms with Crippen LogP contribution in [0.15, 0.2) is 24.3 Å². The molecule has 3 N–H and O–H groups in total. The Kier molecular flexibility index (Phi) is 5.99. The van der Waals surface area contributed by atoms with Crippen LogP contribution < -0.4 is 15.1 Å². The second-order valence-corrected chi connectivity index (χ2v) is 7.00. The van der Waals surface area contributed by atoms with Gasteiger partial charge in [-0.2, -0.15) is 0 Å². The zero-order chi connectivity index (χ0) is 17.6. The summed E-state index contributed by atoms with van der Waals surface area (Å²) < 4.78 is 12.9. The SMILES string of the molecule is O=C(C[NH+]1CCN(C(=O)C[NH+]2CCCC2)CC1)Nc1ccc(F)cc1. The maximum atomic E-state index is 12.9. The quantitative estimate of drug-likeness (QED) is 0.585. The standard InChI is InChI=1S/C18H25FN4O2/c19-15-3-5-16(6-4-15)20-17(24)13-22-9-11-23(12-10-22)18(25)14-21-7-1-2-8-21/h3-6H,1-2,7-14H2,(H,20,24)/p+2. The van der Waals surface area contributed by atoms with Crippen molar-refractivity contribution in [3.05, 3.63) is 30.1 Å². The van der Waals surface area contributed by atoms with Crippen molar-refractivity contribution in [2.24, 2.45) is 0 Å². The minimum atomic E-state index is -0.319. The van der Waals surface area contributed by atoms with Gasteiger partial charge in [0.25, 0.3) is 11.8 Å². The van der Waals surface area contributed by atoms with Gasteiger partial charge < -0.3 is 20.0 Å². The van der Waals surface area contributed by atoms with E-state index in [1.807, 2.05) is 4.90 Å². The molecule has 2 saturated heterocycles. The lowest BCUT2D eigenvalue weighted by atomic mass is 10.3. The number of carbonyl (C=O) groups is 2. The molecule has 2 amide bonds. The summed E-state index contributed by atoms with van der Waals surface area (Å²) in [5, 5.41) is 2.79. The molecule has 1 aromatic rings. The highest BCUT2D eigenvalue weighted by atomic mass is 19.1. The normalized spacial score (nSPS) is 19.2. The van der Waals surface area contributed by atoms with Crippen LogP contribution in [0.25, 0.3) is 0 Å². The van der Waals surface area contributed by atoms with E-state index in [0.717, 1.165) is 26.2 Å². The van der Waals surface area contributed by atoms with E-state index in [-0.39, 0.29) is 17.6 Å². The van der Waals surface area contributed by atoms with Gasteiger partial charge in [0.2, 0.25) is 0 Å².